The average molecular weight is 374 g/mol. The third kappa shape index (κ3) is 2.36. The standard InChI is InChI=1S/C21H12ClN3O2/c22-16-10-9-12(25-20(26)13-5-1-2-6-14(13)21(25)27)11-15(16)19-23-17-7-3-4-8-18(17)24-19/h1-11H,(H,23,24). The lowest BCUT2D eigenvalue weighted by Crippen LogP contribution is -2.29. The minimum Gasteiger partial charge on any atom is -0.338 e. The second-order valence-electron chi connectivity index (χ2n) is 6.26. The van der Waals surface area contributed by atoms with Crippen molar-refractivity contribution in [1.82, 2.24) is 9.97 Å². The maximum Gasteiger partial charge on any atom is 0.266 e. The molecular weight excluding hydrogens is 362 g/mol. The lowest BCUT2D eigenvalue weighted by Gasteiger charge is -2.15. The van der Waals surface area contributed by atoms with E-state index in [-0.39, 0.29) is 11.8 Å². The van der Waals surface area contributed by atoms with E-state index >= 15 is 0 Å². The molecule has 0 aliphatic carbocycles. The van der Waals surface area contributed by atoms with Crippen molar-refractivity contribution >= 4 is 40.1 Å². The Morgan fingerprint density at radius 1 is 0.815 bits per heavy atom. The van der Waals surface area contributed by atoms with Gasteiger partial charge in [0.05, 0.1) is 32.9 Å². The number of para-hydroxylation sites is 2. The van der Waals surface area contributed by atoms with Crippen molar-refractivity contribution in [2.45, 2.75) is 0 Å². The first-order valence-corrected chi connectivity index (χ1v) is 8.74. The molecule has 2 amide bonds. The van der Waals surface area contributed by atoms with Gasteiger partial charge < -0.3 is 4.98 Å². The zero-order valence-corrected chi connectivity index (χ0v) is 14.7. The molecule has 5 nitrogen and oxygen atoms in total. The lowest BCUT2D eigenvalue weighted by atomic mass is 10.1. The summed E-state index contributed by atoms with van der Waals surface area (Å²) in [5.41, 5.74) is 3.60. The van der Waals surface area contributed by atoms with Gasteiger partial charge in [0.15, 0.2) is 0 Å². The minimum absolute atomic E-state index is 0.339. The Balaban J connectivity index is 1.63. The van der Waals surface area contributed by atoms with E-state index in [0.717, 1.165) is 11.0 Å². The smallest absolute Gasteiger partial charge is 0.266 e. The number of fused-ring (bicyclic) bond motifs is 2. The third-order valence-corrected chi connectivity index (χ3v) is 4.98. The van der Waals surface area contributed by atoms with Gasteiger partial charge in [0.25, 0.3) is 11.8 Å². The summed E-state index contributed by atoms with van der Waals surface area (Å²) >= 11 is 6.38. The highest BCUT2D eigenvalue weighted by Crippen LogP contribution is 2.34. The number of carbonyl (C=O) groups excluding carboxylic acids is 2. The van der Waals surface area contributed by atoms with Crippen LogP contribution in [0, 0.1) is 0 Å². The number of nitrogens with one attached hydrogen (secondary N) is 1. The SMILES string of the molecule is O=C1c2ccccc2C(=O)N1c1ccc(Cl)c(-c2nc3ccccc3[nH]2)c1. The fourth-order valence-electron chi connectivity index (χ4n) is 3.34. The van der Waals surface area contributed by atoms with Crippen LogP contribution in [0.1, 0.15) is 20.7 Å². The van der Waals surface area contributed by atoms with E-state index in [4.69, 9.17) is 11.6 Å². The van der Waals surface area contributed by atoms with Gasteiger partial charge in [-0.15, -0.1) is 0 Å². The molecule has 0 unspecified atom stereocenters. The fourth-order valence-corrected chi connectivity index (χ4v) is 3.54. The molecule has 0 radical (unpaired) electrons. The van der Waals surface area contributed by atoms with E-state index < -0.39 is 0 Å². The molecule has 0 saturated carbocycles. The number of imidazole rings is 1. The lowest BCUT2D eigenvalue weighted by molar-refractivity contribution is 0.0926. The van der Waals surface area contributed by atoms with Gasteiger partial charge in [0.1, 0.15) is 5.82 Å². The molecule has 0 spiro atoms. The topological polar surface area (TPSA) is 66.1 Å². The molecule has 0 bridgehead atoms. The molecule has 5 rings (SSSR count). The quantitative estimate of drug-likeness (QED) is 0.518. The Hall–Kier alpha value is -3.44. The first kappa shape index (κ1) is 15.8. The molecule has 1 aromatic heterocycles. The number of hydrogen-bond donors (Lipinski definition) is 1. The number of nitrogens with zero attached hydrogens (tertiary/aromatic N) is 2. The van der Waals surface area contributed by atoms with Crippen LogP contribution in [0.5, 0.6) is 0 Å². The molecule has 1 aliphatic heterocycles. The number of amides is 2. The largest absolute Gasteiger partial charge is 0.338 e. The summed E-state index contributed by atoms with van der Waals surface area (Å²) in [7, 11) is 0. The van der Waals surface area contributed by atoms with E-state index in [1.807, 2.05) is 24.3 Å². The zero-order valence-electron chi connectivity index (χ0n) is 13.9. The highest BCUT2D eigenvalue weighted by Gasteiger charge is 2.36. The first-order valence-electron chi connectivity index (χ1n) is 8.36. The number of halogens is 1. The highest BCUT2D eigenvalue weighted by atomic mass is 35.5. The molecule has 3 aromatic carbocycles. The fraction of sp³-hybridized carbons (Fsp3) is 0. The predicted octanol–water partition coefficient (Wildman–Crippen LogP) is 4.68. The number of hydrogen-bond acceptors (Lipinski definition) is 3. The number of anilines is 1. The van der Waals surface area contributed by atoms with Crippen LogP contribution in [0.2, 0.25) is 5.02 Å². The molecule has 130 valence electrons. The van der Waals surface area contributed by atoms with Crippen molar-refractivity contribution in [3.8, 4) is 11.4 Å². The zero-order chi connectivity index (χ0) is 18.5. The van der Waals surface area contributed by atoms with Gasteiger partial charge in [-0.2, -0.15) is 0 Å². The van der Waals surface area contributed by atoms with Crippen molar-refractivity contribution < 1.29 is 9.59 Å². The third-order valence-electron chi connectivity index (χ3n) is 4.65. The highest BCUT2D eigenvalue weighted by molar-refractivity contribution is 6.36. The van der Waals surface area contributed by atoms with Crippen molar-refractivity contribution in [1.29, 1.82) is 0 Å². The van der Waals surface area contributed by atoms with Crippen molar-refractivity contribution in [2.24, 2.45) is 0 Å². The van der Waals surface area contributed by atoms with Gasteiger partial charge in [-0.05, 0) is 42.5 Å². The summed E-state index contributed by atoms with van der Waals surface area (Å²) in [5.74, 6) is -0.0957. The van der Waals surface area contributed by atoms with Gasteiger partial charge in [0.2, 0.25) is 0 Å². The number of rotatable bonds is 2. The molecule has 0 atom stereocenters. The summed E-state index contributed by atoms with van der Waals surface area (Å²) in [6, 6.07) is 19.5. The van der Waals surface area contributed by atoms with Gasteiger partial charge >= 0.3 is 0 Å². The monoisotopic (exact) mass is 373 g/mol. The normalized spacial score (nSPS) is 13.4. The Kier molecular flexibility index (Phi) is 3.39. The maximum atomic E-state index is 12.7. The Morgan fingerprint density at radius 2 is 1.48 bits per heavy atom. The van der Waals surface area contributed by atoms with Crippen LogP contribution in [0.4, 0.5) is 5.69 Å². The molecule has 4 aromatic rings. The molecule has 6 heteroatoms. The van der Waals surface area contributed by atoms with Crippen LogP contribution in [-0.2, 0) is 0 Å². The maximum absolute atomic E-state index is 12.7. The Morgan fingerprint density at radius 3 is 2.19 bits per heavy atom. The number of H-pyrrole nitrogens is 1. The molecular formula is C21H12ClN3O2. The van der Waals surface area contributed by atoms with E-state index in [1.165, 1.54) is 4.90 Å². The van der Waals surface area contributed by atoms with E-state index in [0.29, 0.717) is 33.2 Å². The van der Waals surface area contributed by atoms with Crippen LogP contribution < -0.4 is 4.90 Å². The number of aromatic amines is 1. The summed E-state index contributed by atoms with van der Waals surface area (Å²) < 4.78 is 0. The second-order valence-corrected chi connectivity index (χ2v) is 6.67. The molecule has 1 aliphatic rings. The van der Waals surface area contributed by atoms with Crippen LogP contribution in [0.15, 0.2) is 66.7 Å². The van der Waals surface area contributed by atoms with E-state index in [2.05, 4.69) is 9.97 Å². The molecule has 0 saturated heterocycles. The summed E-state index contributed by atoms with van der Waals surface area (Å²) in [6.07, 6.45) is 0. The van der Waals surface area contributed by atoms with Crippen LogP contribution >= 0.6 is 11.6 Å². The van der Waals surface area contributed by atoms with Gasteiger partial charge in [-0.25, -0.2) is 9.88 Å². The Labute approximate surface area is 159 Å². The minimum atomic E-state index is -0.339. The van der Waals surface area contributed by atoms with Crippen molar-refractivity contribution in [2.75, 3.05) is 4.90 Å². The summed E-state index contributed by atoms with van der Waals surface area (Å²) in [5, 5.41) is 0.481. The number of benzene rings is 3. The molecule has 27 heavy (non-hydrogen) atoms. The van der Waals surface area contributed by atoms with Crippen LogP contribution in [0.3, 0.4) is 0 Å². The van der Waals surface area contributed by atoms with Crippen LogP contribution in [0.25, 0.3) is 22.4 Å². The number of aromatic nitrogens is 2. The number of carbonyl (C=O) groups is 2. The average Bonchev–Trinajstić information content (AvgIpc) is 3.22. The van der Waals surface area contributed by atoms with E-state index in [9.17, 15) is 9.59 Å². The van der Waals surface area contributed by atoms with Gasteiger partial charge in [0, 0.05) is 5.56 Å². The number of imide groups is 1. The van der Waals surface area contributed by atoms with Crippen LogP contribution in [-0.4, -0.2) is 21.8 Å². The van der Waals surface area contributed by atoms with Gasteiger partial charge in [-0.3, -0.25) is 9.59 Å². The summed E-state index contributed by atoms with van der Waals surface area (Å²) in [6.45, 7) is 0. The summed E-state index contributed by atoms with van der Waals surface area (Å²) in [4.78, 5) is 34.4. The first-order chi connectivity index (χ1) is 13.1. The van der Waals surface area contributed by atoms with E-state index in [1.54, 1.807) is 42.5 Å². The van der Waals surface area contributed by atoms with Gasteiger partial charge in [-0.1, -0.05) is 35.9 Å². The molecule has 0 fully saturated rings. The predicted molar refractivity (Wildman–Crippen MR) is 104 cm³/mol. The second kappa shape index (κ2) is 5.79. The Bertz CT molecular complexity index is 1180. The molecule has 2 heterocycles. The molecule has 1 N–H and O–H groups in total. The van der Waals surface area contributed by atoms with Crippen molar-refractivity contribution in [3.05, 3.63) is 82.9 Å². The van der Waals surface area contributed by atoms with Crippen molar-refractivity contribution in [3.63, 3.8) is 0 Å².